The van der Waals surface area contributed by atoms with Crippen LogP contribution in [0.4, 0.5) is 11.4 Å². The molecule has 4 aromatic rings. The molecule has 5 atom stereocenters. The molecular formula is C41H45N3O7Si. The van der Waals surface area contributed by atoms with E-state index in [1.54, 1.807) is 41.2 Å². The van der Waals surface area contributed by atoms with Crippen LogP contribution in [0.5, 0.6) is 5.75 Å². The van der Waals surface area contributed by atoms with Crippen molar-refractivity contribution in [3.63, 3.8) is 0 Å². The van der Waals surface area contributed by atoms with E-state index in [9.17, 15) is 24.3 Å². The number of fused-ring (bicyclic) bond motifs is 3. The number of carbonyl (C=O) groups is 3. The Morgan fingerprint density at radius 2 is 1.63 bits per heavy atom. The van der Waals surface area contributed by atoms with Gasteiger partial charge in [-0.15, -0.1) is 0 Å². The molecule has 3 N–H and O–H groups in total. The van der Waals surface area contributed by atoms with Crippen molar-refractivity contribution in [2.24, 2.45) is 5.92 Å². The second-order valence-corrected chi connectivity index (χ2v) is 18.7. The highest BCUT2D eigenvalue weighted by Crippen LogP contribution is 2.59. The van der Waals surface area contributed by atoms with E-state index < -0.39 is 31.5 Å². The summed E-state index contributed by atoms with van der Waals surface area (Å²) in [5.41, 5.74) is 3.82. The van der Waals surface area contributed by atoms with Crippen molar-refractivity contribution < 1.29 is 33.8 Å². The van der Waals surface area contributed by atoms with E-state index in [0.29, 0.717) is 30.0 Å². The molecule has 0 bridgehead atoms. The molecule has 11 heteroatoms. The highest BCUT2D eigenvalue weighted by molar-refractivity contribution is 6.71. The average Bonchev–Trinajstić information content (AvgIpc) is 3.57. The maximum Gasteiger partial charge on any atom is 0.264 e. The first-order valence-electron chi connectivity index (χ1n) is 17.8. The van der Waals surface area contributed by atoms with Crippen LogP contribution in [-0.2, 0) is 39.4 Å². The Labute approximate surface area is 305 Å². The molecule has 0 aromatic heterocycles. The normalized spacial score (nSPS) is 23.8. The summed E-state index contributed by atoms with van der Waals surface area (Å²) in [5.74, 6) is -0.387. The Morgan fingerprint density at radius 3 is 2.31 bits per heavy atom. The van der Waals surface area contributed by atoms with E-state index in [1.165, 1.54) is 0 Å². The van der Waals surface area contributed by atoms with E-state index in [1.807, 2.05) is 92.8 Å². The van der Waals surface area contributed by atoms with Gasteiger partial charge in [0.15, 0.2) is 13.9 Å². The summed E-state index contributed by atoms with van der Waals surface area (Å²) >= 11 is 0. The van der Waals surface area contributed by atoms with Gasteiger partial charge in [-0.1, -0.05) is 61.5 Å². The molecular weight excluding hydrogens is 675 g/mol. The average molecular weight is 720 g/mol. The molecule has 3 aliphatic heterocycles. The third-order valence-corrected chi connectivity index (χ3v) is 13.6. The summed E-state index contributed by atoms with van der Waals surface area (Å²) in [4.78, 5) is 56.9. The largest absolute Gasteiger partial charge is 0.497 e. The Bertz CT molecular complexity index is 1980. The summed E-state index contributed by atoms with van der Waals surface area (Å²) in [7, 11) is -1.42. The molecule has 270 valence electrons. The number of para-hydroxylation sites is 1. The fourth-order valence-corrected chi connectivity index (χ4v) is 11.1. The van der Waals surface area contributed by atoms with Gasteiger partial charge in [-0.2, -0.15) is 0 Å². The van der Waals surface area contributed by atoms with Crippen molar-refractivity contribution in [1.29, 1.82) is 0 Å². The number of carbonyl (C=O) groups excluding carboxylic acids is 3. The highest BCUT2D eigenvalue weighted by Gasteiger charge is 2.66. The van der Waals surface area contributed by atoms with Gasteiger partial charge in [0, 0.05) is 34.8 Å². The molecule has 0 saturated carbocycles. The van der Waals surface area contributed by atoms with Gasteiger partial charge in [0.25, 0.3) is 11.8 Å². The monoisotopic (exact) mass is 719 g/mol. The molecule has 3 amide bonds. The highest BCUT2D eigenvalue weighted by atomic mass is 28.4. The number of hydrogen-bond donors (Lipinski definition) is 3. The van der Waals surface area contributed by atoms with Crippen molar-refractivity contribution in [1.82, 2.24) is 4.90 Å². The third kappa shape index (κ3) is 6.32. The molecule has 0 radical (unpaired) electrons. The summed E-state index contributed by atoms with van der Waals surface area (Å²) in [5, 5.41) is 13.2. The zero-order valence-electron chi connectivity index (χ0n) is 29.9. The smallest absolute Gasteiger partial charge is 0.264 e. The number of hydrogen-bond acceptors (Lipinski definition) is 7. The Morgan fingerprint density at radius 1 is 0.962 bits per heavy atom. The summed E-state index contributed by atoms with van der Waals surface area (Å²) in [6.45, 7) is 6.15. The molecule has 10 nitrogen and oxygen atoms in total. The lowest BCUT2D eigenvalue weighted by atomic mass is 9.82. The fourth-order valence-electron chi connectivity index (χ4n) is 8.54. The number of benzene rings is 4. The number of nitrogens with one attached hydrogen (secondary N) is 1. The molecule has 52 heavy (non-hydrogen) atoms. The van der Waals surface area contributed by atoms with Crippen LogP contribution in [-0.4, -0.2) is 66.7 Å². The fraction of sp³-hybridized carbons (Fsp3) is 0.341. The Balaban J connectivity index is 1.12. The molecule has 1 fully saturated rings. The van der Waals surface area contributed by atoms with Crippen molar-refractivity contribution >= 4 is 37.4 Å². The van der Waals surface area contributed by atoms with Crippen molar-refractivity contribution in [2.45, 2.75) is 69.2 Å². The number of anilines is 2. The van der Waals surface area contributed by atoms with Gasteiger partial charge in [0.05, 0.1) is 44.5 Å². The molecule has 3 aliphatic rings. The first-order chi connectivity index (χ1) is 24.9. The van der Waals surface area contributed by atoms with E-state index in [0.717, 1.165) is 27.9 Å². The molecule has 1 saturated heterocycles. The maximum atomic E-state index is 14.8. The van der Waals surface area contributed by atoms with E-state index in [-0.39, 0.29) is 43.3 Å². The minimum absolute atomic E-state index is 0.00836. The molecule has 0 aliphatic carbocycles. The number of methoxy groups -OCH3 is 1. The van der Waals surface area contributed by atoms with Crippen LogP contribution < -0.4 is 15.0 Å². The molecule has 4 aromatic carbocycles. The Hall–Kier alpha value is -4.81. The van der Waals surface area contributed by atoms with E-state index in [4.69, 9.17) is 9.47 Å². The topological polar surface area (TPSA) is 129 Å². The third-order valence-electron chi connectivity index (χ3n) is 11.1. The number of aliphatic hydroxyl groups is 1. The second-order valence-electron chi connectivity index (χ2n) is 14.7. The lowest BCUT2D eigenvalue weighted by Gasteiger charge is -2.37. The summed E-state index contributed by atoms with van der Waals surface area (Å²) in [6, 6.07) is 29.5. The van der Waals surface area contributed by atoms with E-state index in [2.05, 4.69) is 5.32 Å². The Kier molecular flexibility index (Phi) is 9.55. The van der Waals surface area contributed by atoms with Crippen LogP contribution in [0, 0.1) is 5.92 Å². The number of aliphatic hydroxyl groups excluding tert-OH is 1. The number of ether oxygens (including phenoxy) is 2. The summed E-state index contributed by atoms with van der Waals surface area (Å²) < 4.78 is 12.1. The predicted molar refractivity (Wildman–Crippen MR) is 200 cm³/mol. The first kappa shape index (κ1) is 35.6. The van der Waals surface area contributed by atoms with Gasteiger partial charge in [-0.3, -0.25) is 14.4 Å². The van der Waals surface area contributed by atoms with Gasteiger partial charge < -0.3 is 34.5 Å². The zero-order valence-corrected chi connectivity index (χ0v) is 30.9. The van der Waals surface area contributed by atoms with Crippen molar-refractivity contribution in [3.05, 3.63) is 125 Å². The van der Waals surface area contributed by atoms with Crippen LogP contribution in [0.25, 0.3) is 0 Å². The lowest BCUT2D eigenvalue weighted by molar-refractivity contribution is -0.151. The second kappa shape index (κ2) is 14.0. The van der Waals surface area contributed by atoms with Crippen LogP contribution in [0.3, 0.4) is 0 Å². The van der Waals surface area contributed by atoms with Gasteiger partial charge in [-0.25, -0.2) is 0 Å². The SMILES string of the molecule is COc1ccc(C(=O)Nc2ccc(CN3C(=O)[C@]4(O[C@H](CC(=O)N5Cc6ccccc6C[C@H]5CO)[C@@H]([Si](C)(C)O)[C@@H]4C)c4ccccc43)cc2)cc1. The quantitative estimate of drug-likeness (QED) is 0.192. The minimum Gasteiger partial charge on any atom is -0.497 e. The van der Waals surface area contributed by atoms with Gasteiger partial charge in [0.1, 0.15) is 5.75 Å². The summed E-state index contributed by atoms with van der Waals surface area (Å²) in [6.07, 6.45) is -0.146. The molecule has 1 spiro atoms. The predicted octanol–water partition coefficient (Wildman–Crippen LogP) is 5.63. The van der Waals surface area contributed by atoms with E-state index >= 15 is 0 Å². The van der Waals surface area contributed by atoms with Crippen LogP contribution in [0.1, 0.15) is 46.0 Å². The molecule has 7 rings (SSSR count). The van der Waals surface area contributed by atoms with Crippen LogP contribution >= 0.6 is 0 Å². The van der Waals surface area contributed by atoms with Gasteiger partial charge >= 0.3 is 0 Å². The van der Waals surface area contributed by atoms with Gasteiger partial charge in [0.2, 0.25) is 5.91 Å². The minimum atomic E-state index is -3.00. The lowest BCUT2D eigenvalue weighted by Crippen LogP contribution is -2.48. The maximum absolute atomic E-state index is 14.8. The molecule has 0 unspecified atom stereocenters. The standard InChI is InChI=1S/C41H45N3O7Si/c1-26-38(52(3,4)49)36(22-37(46)43-24-30-10-6-5-9-29(30)21-32(43)25-45)51-41(26)34-11-7-8-12-35(34)44(40(41)48)23-27-13-17-31(18-14-27)42-39(47)28-15-19-33(50-2)20-16-28/h5-20,26,32,36,38,45,49H,21-25H2,1-4H3,(H,42,47)/t26-,32-,36+,38-,41+/m0/s1. The van der Waals surface area contributed by atoms with Crippen molar-refractivity contribution in [3.8, 4) is 5.75 Å². The zero-order chi connectivity index (χ0) is 36.8. The van der Waals surface area contributed by atoms with Gasteiger partial charge in [-0.05, 0) is 78.7 Å². The number of nitrogens with zero attached hydrogens (tertiary/aromatic N) is 2. The molecule has 3 heterocycles. The van der Waals surface area contributed by atoms with Crippen LogP contribution in [0.2, 0.25) is 18.6 Å². The number of amides is 3. The van der Waals surface area contributed by atoms with Crippen LogP contribution in [0.15, 0.2) is 97.1 Å². The van der Waals surface area contributed by atoms with Crippen molar-refractivity contribution in [2.75, 3.05) is 23.9 Å². The first-order valence-corrected chi connectivity index (χ1v) is 20.8. The number of rotatable bonds is 9.